The van der Waals surface area contributed by atoms with Crippen LogP contribution in [0, 0.1) is 0 Å². The van der Waals surface area contributed by atoms with Gasteiger partial charge in [-0.1, -0.05) is 36.4 Å². The molecule has 1 aliphatic heterocycles. The van der Waals surface area contributed by atoms with Gasteiger partial charge in [-0.3, -0.25) is 4.90 Å². The summed E-state index contributed by atoms with van der Waals surface area (Å²) >= 11 is 0. The summed E-state index contributed by atoms with van der Waals surface area (Å²) in [6.45, 7) is 3.92. The highest BCUT2D eigenvalue weighted by molar-refractivity contribution is 5.64. The largest absolute Gasteiger partial charge is 0.494 e. The zero-order valence-corrected chi connectivity index (χ0v) is 23.2. The Bertz CT molecular complexity index is 1370. The highest BCUT2D eigenvalue weighted by Gasteiger charge is 2.19. The zero-order valence-electron chi connectivity index (χ0n) is 23.2. The minimum absolute atomic E-state index is 0.252. The van der Waals surface area contributed by atoms with Crippen molar-refractivity contribution >= 4 is 0 Å². The monoisotopic (exact) mass is 545 g/mol. The van der Waals surface area contributed by atoms with Crippen molar-refractivity contribution in [1.82, 2.24) is 15.2 Å². The summed E-state index contributed by atoms with van der Waals surface area (Å²) < 4.78 is 32.0. The Morgan fingerprint density at radius 2 is 1.35 bits per heavy atom. The Balaban J connectivity index is 1.07. The third-order valence-corrected chi connectivity index (χ3v) is 7.01. The molecule has 0 amide bonds. The summed E-state index contributed by atoms with van der Waals surface area (Å²) in [4.78, 5) is 2.48. The van der Waals surface area contributed by atoms with Crippen molar-refractivity contribution in [2.24, 2.45) is 0 Å². The highest BCUT2D eigenvalue weighted by atomic mass is 16.6. The van der Waals surface area contributed by atoms with E-state index in [1.165, 1.54) is 29.4 Å². The third-order valence-electron chi connectivity index (χ3n) is 7.01. The molecule has 3 aromatic carbocycles. The van der Waals surface area contributed by atoms with Crippen molar-refractivity contribution in [2.75, 3.05) is 41.1 Å². The molecule has 0 atom stereocenters. The molecule has 9 nitrogen and oxygen atoms in total. The van der Waals surface area contributed by atoms with Gasteiger partial charge in [0.1, 0.15) is 5.75 Å². The quantitative estimate of drug-likeness (QED) is 0.200. The molecule has 4 aromatic rings. The van der Waals surface area contributed by atoms with Crippen LogP contribution in [0.15, 0.2) is 65.3 Å². The normalized spacial score (nSPS) is 13.0. The molecule has 210 valence electrons. The van der Waals surface area contributed by atoms with Gasteiger partial charge < -0.3 is 23.7 Å². The molecule has 0 spiro atoms. The number of methoxy groups -OCH3 is 3. The van der Waals surface area contributed by atoms with Crippen molar-refractivity contribution in [1.29, 1.82) is 0 Å². The van der Waals surface area contributed by atoms with E-state index in [2.05, 4.69) is 68.4 Å². The fourth-order valence-electron chi connectivity index (χ4n) is 4.83. The fraction of sp³-hybridized carbons (Fsp3) is 0.355. The lowest BCUT2D eigenvalue weighted by Gasteiger charge is -2.29. The van der Waals surface area contributed by atoms with E-state index < -0.39 is 0 Å². The Kier molecular flexibility index (Phi) is 9.03. The van der Waals surface area contributed by atoms with Crippen molar-refractivity contribution in [3.05, 3.63) is 77.4 Å². The smallest absolute Gasteiger partial charge is 0.320 e. The van der Waals surface area contributed by atoms with E-state index in [9.17, 15) is 0 Å². The van der Waals surface area contributed by atoms with E-state index in [1.807, 2.05) is 12.1 Å². The van der Waals surface area contributed by atoms with E-state index >= 15 is 0 Å². The second kappa shape index (κ2) is 13.2. The number of hydrogen-bond donors (Lipinski definition) is 0. The number of ether oxygens (including phenoxy) is 5. The third kappa shape index (κ3) is 6.66. The number of unbranched alkanes of at least 4 members (excludes halogenated alkanes) is 1. The average Bonchev–Trinajstić information content (AvgIpc) is 3.46. The van der Waals surface area contributed by atoms with Gasteiger partial charge in [-0.2, -0.15) is 0 Å². The molecule has 0 N–H and O–H groups in total. The SMILES string of the molecule is COc1cc2c(cc1OC)CN(Cc1ccc(-c3ccc(OCCCCOc4nonc4OC)cc3)cc1)CC2. The lowest BCUT2D eigenvalue weighted by Crippen LogP contribution is -2.30. The molecular formula is C31H35N3O6. The number of benzene rings is 3. The number of hydrogen-bond acceptors (Lipinski definition) is 9. The van der Waals surface area contributed by atoms with Crippen LogP contribution in [0.2, 0.25) is 0 Å². The lowest BCUT2D eigenvalue weighted by molar-refractivity contribution is 0.238. The predicted octanol–water partition coefficient (Wildman–Crippen LogP) is 5.56. The van der Waals surface area contributed by atoms with Gasteiger partial charge >= 0.3 is 11.8 Å². The van der Waals surface area contributed by atoms with Crippen molar-refractivity contribution in [3.8, 4) is 40.1 Å². The molecule has 0 saturated heterocycles. The van der Waals surface area contributed by atoms with Gasteiger partial charge in [0.15, 0.2) is 11.5 Å². The predicted molar refractivity (Wildman–Crippen MR) is 150 cm³/mol. The first-order valence-electron chi connectivity index (χ1n) is 13.4. The van der Waals surface area contributed by atoms with E-state index in [-0.39, 0.29) is 11.8 Å². The summed E-state index contributed by atoms with van der Waals surface area (Å²) in [6, 6.07) is 21.3. The molecule has 0 aliphatic carbocycles. The van der Waals surface area contributed by atoms with Gasteiger partial charge in [-0.05, 0) is 81.7 Å². The molecular weight excluding hydrogens is 510 g/mol. The topological polar surface area (TPSA) is 88.3 Å². The van der Waals surface area contributed by atoms with Gasteiger partial charge in [0.2, 0.25) is 0 Å². The summed E-state index contributed by atoms with van der Waals surface area (Å²) in [6.07, 6.45) is 2.67. The van der Waals surface area contributed by atoms with Crippen LogP contribution in [0.5, 0.6) is 29.0 Å². The summed E-state index contributed by atoms with van der Waals surface area (Å²) in [5.41, 5.74) is 6.30. The minimum Gasteiger partial charge on any atom is -0.494 e. The van der Waals surface area contributed by atoms with E-state index in [0.29, 0.717) is 13.2 Å². The number of fused-ring (bicyclic) bond motifs is 1. The van der Waals surface area contributed by atoms with Crippen LogP contribution in [-0.2, 0) is 19.5 Å². The molecule has 9 heteroatoms. The van der Waals surface area contributed by atoms with Crippen LogP contribution < -0.4 is 23.7 Å². The van der Waals surface area contributed by atoms with Crippen LogP contribution >= 0.6 is 0 Å². The maximum atomic E-state index is 5.89. The lowest BCUT2D eigenvalue weighted by atomic mass is 9.98. The number of rotatable bonds is 13. The second-order valence-electron chi connectivity index (χ2n) is 9.64. The minimum atomic E-state index is 0.252. The summed E-state index contributed by atoms with van der Waals surface area (Å²) in [5, 5.41) is 7.26. The molecule has 0 fully saturated rings. The molecule has 40 heavy (non-hydrogen) atoms. The fourth-order valence-corrected chi connectivity index (χ4v) is 4.83. The summed E-state index contributed by atoms with van der Waals surface area (Å²) in [5.74, 6) is 2.96. The van der Waals surface area contributed by atoms with E-state index in [4.69, 9.17) is 23.7 Å². The Hall–Kier alpha value is -4.24. The van der Waals surface area contributed by atoms with Crippen LogP contribution in [0.4, 0.5) is 0 Å². The summed E-state index contributed by atoms with van der Waals surface area (Å²) in [7, 11) is 4.86. The van der Waals surface area contributed by atoms with E-state index in [0.717, 1.165) is 61.7 Å². The molecule has 1 aliphatic rings. The second-order valence-corrected chi connectivity index (χ2v) is 9.64. The Morgan fingerprint density at radius 1 is 0.725 bits per heavy atom. The zero-order chi connectivity index (χ0) is 27.7. The number of aromatic nitrogens is 2. The highest BCUT2D eigenvalue weighted by Crippen LogP contribution is 2.33. The van der Waals surface area contributed by atoms with Gasteiger partial charge in [0.05, 0.1) is 34.5 Å². The molecule has 1 aromatic heterocycles. The maximum Gasteiger partial charge on any atom is 0.320 e. The van der Waals surface area contributed by atoms with Crippen molar-refractivity contribution in [3.63, 3.8) is 0 Å². The molecule has 5 rings (SSSR count). The molecule has 0 bridgehead atoms. The first-order chi connectivity index (χ1) is 19.7. The van der Waals surface area contributed by atoms with Crippen molar-refractivity contribution in [2.45, 2.75) is 32.4 Å². The van der Waals surface area contributed by atoms with Crippen LogP contribution in [-0.4, -0.2) is 56.3 Å². The first kappa shape index (κ1) is 27.3. The maximum absolute atomic E-state index is 5.89. The van der Waals surface area contributed by atoms with Crippen LogP contribution in [0.1, 0.15) is 29.5 Å². The van der Waals surface area contributed by atoms with Gasteiger partial charge in [0.25, 0.3) is 0 Å². The molecule has 2 heterocycles. The first-order valence-corrected chi connectivity index (χ1v) is 13.4. The average molecular weight is 546 g/mol. The van der Waals surface area contributed by atoms with Crippen molar-refractivity contribution < 1.29 is 28.3 Å². The standard InChI is InChI=1S/C31H35N3O6/c1-35-28-18-25-14-15-34(21-26(25)19-29(28)36-2)20-22-6-8-23(9-7-22)24-10-12-27(13-11-24)38-16-4-5-17-39-31-30(37-3)32-40-33-31/h6-13,18-19H,4-5,14-17,20-21H2,1-3H3. The number of nitrogens with zero attached hydrogens (tertiary/aromatic N) is 3. The van der Waals surface area contributed by atoms with Gasteiger partial charge in [-0.15, -0.1) is 0 Å². The molecule has 0 unspecified atom stereocenters. The van der Waals surface area contributed by atoms with Crippen LogP contribution in [0.25, 0.3) is 11.1 Å². The molecule has 0 saturated carbocycles. The van der Waals surface area contributed by atoms with Gasteiger partial charge in [-0.25, -0.2) is 4.63 Å². The Morgan fingerprint density at radius 3 is 2.02 bits per heavy atom. The molecule has 0 radical (unpaired) electrons. The van der Waals surface area contributed by atoms with Crippen LogP contribution in [0.3, 0.4) is 0 Å². The Labute approximate surface area is 234 Å². The van der Waals surface area contributed by atoms with E-state index in [1.54, 1.807) is 14.2 Å². The van der Waals surface area contributed by atoms with Gasteiger partial charge in [0, 0.05) is 19.6 Å².